The SMILES string of the molecule is CN(C)c1ccc([C@H]2[C@@H]3C(=O)CCC=C3Nc3ncnn32)cc1. The second-order valence-corrected chi connectivity index (χ2v) is 6.23. The van der Waals surface area contributed by atoms with Gasteiger partial charge in [-0.1, -0.05) is 18.2 Å². The normalized spacial score (nSPS) is 22.7. The zero-order valence-electron chi connectivity index (χ0n) is 13.2. The lowest BCUT2D eigenvalue weighted by atomic mass is 9.81. The number of Topliss-reactive ketones (excluding diaryl/α,β-unsaturated/α-hetero) is 1. The number of benzene rings is 1. The molecular weight excluding hydrogens is 290 g/mol. The Morgan fingerprint density at radius 1 is 1.26 bits per heavy atom. The van der Waals surface area contributed by atoms with E-state index in [0.29, 0.717) is 12.4 Å². The molecule has 0 saturated heterocycles. The molecule has 23 heavy (non-hydrogen) atoms. The summed E-state index contributed by atoms with van der Waals surface area (Å²) in [5.74, 6) is 0.755. The lowest BCUT2D eigenvalue weighted by molar-refractivity contribution is -0.123. The minimum atomic E-state index is -0.205. The first-order valence-electron chi connectivity index (χ1n) is 7.82. The maximum atomic E-state index is 12.6. The summed E-state index contributed by atoms with van der Waals surface area (Å²) in [6.07, 6.45) is 5.03. The fraction of sp³-hybridized carbons (Fsp3) is 0.353. The number of carbonyl (C=O) groups is 1. The Kier molecular flexibility index (Phi) is 3.18. The number of allylic oxidation sites excluding steroid dienone is 2. The average molecular weight is 309 g/mol. The van der Waals surface area contributed by atoms with E-state index in [-0.39, 0.29) is 17.7 Å². The predicted molar refractivity (Wildman–Crippen MR) is 88.4 cm³/mol. The number of fused-ring (bicyclic) bond motifs is 2. The third kappa shape index (κ3) is 2.21. The van der Waals surface area contributed by atoms with Crippen LogP contribution in [0.4, 0.5) is 11.6 Å². The lowest BCUT2D eigenvalue weighted by Gasteiger charge is -2.36. The Labute approximate surface area is 134 Å². The second kappa shape index (κ2) is 5.22. The van der Waals surface area contributed by atoms with Gasteiger partial charge in [-0.2, -0.15) is 10.1 Å². The van der Waals surface area contributed by atoms with Crippen LogP contribution in [-0.4, -0.2) is 34.6 Å². The molecule has 1 aliphatic carbocycles. The van der Waals surface area contributed by atoms with Gasteiger partial charge >= 0.3 is 0 Å². The van der Waals surface area contributed by atoms with E-state index < -0.39 is 0 Å². The van der Waals surface area contributed by atoms with Gasteiger partial charge < -0.3 is 10.2 Å². The minimum absolute atomic E-state index is 0.135. The molecule has 0 fully saturated rings. The number of nitrogens with zero attached hydrogens (tertiary/aromatic N) is 4. The third-order valence-electron chi connectivity index (χ3n) is 4.60. The minimum Gasteiger partial charge on any atom is -0.378 e. The van der Waals surface area contributed by atoms with Crippen molar-refractivity contribution in [2.75, 3.05) is 24.3 Å². The van der Waals surface area contributed by atoms with Crippen LogP contribution in [0.2, 0.25) is 0 Å². The van der Waals surface area contributed by atoms with Gasteiger partial charge in [0.15, 0.2) is 0 Å². The van der Waals surface area contributed by atoms with E-state index in [9.17, 15) is 4.79 Å². The predicted octanol–water partition coefficient (Wildman–Crippen LogP) is 2.22. The van der Waals surface area contributed by atoms with Crippen LogP contribution >= 0.6 is 0 Å². The van der Waals surface area contributed by atoms with Crippen LogP contribution in [0.1, 0.15) is 24.4 Å². The molecule has 1 N–H and O–H groups in total. The molecular formula is C17H19N5O. The Balaban J connectivity index is 1.82. The van der Waals surface area contributed by atoms with E-state index in [4.69, 9.17) is 0 Å². The van der Waals surface area contributed by atoms with E-state index in [1.165, 1.54) is 6.33 Å². The smallest absolute Gasteiger partial charge is 0.226 e. The standard InChI is InChI=1S/C17H19N5O/c1-21(2)12-8-6-11(7-9-12)16-15-13(4-3-5-14(15)23)20-17-18-10-19-22(16)17/h4,6-10,15-16H,3,5H2,1-2H3,(H,18,19,20)/t15-,16-/m0/s1. The first-order chi connectivity index (χ1) is 11.1. The second-order valence-electron chi connectivity index (χ2n) is 6.23. The molecule has 1 aromatic heterocycles. The molecule has 0 bridgehead atoms. The molecule has 0 spiro atoms. The van der Waals surface area contributed by atoms with Crippen molar-refractivity contribution in [1.29, 1.82) is 0 Å². The highest BCUT2D eigenvalue weighted by Crippen LogP contribution is 2.41. The Morgan fingerprint density at radius 3 is 2.78 bits per heavy atom. The van der Waals surface area contributed by atoms with Gasteiger partial charge in [0.05, 0.1) is 12.0 Å². The zero-order chi connectivity index (χ0) is 16.0. The summed E-state index contributed by atoms with van der Waals surface area (Å²) in [5.41, 5.74) is 3.17. The molecule has 118 valence electrons. The molecule has 0 saturated carbocycles. The Morgan fingerprint density at radius 2 is 2.04 bits per heavy atom. The molecule has 0 radical (unpaired) electrons. The lowest BCUT2D eigenvalue weighted by Crippen LogP contribution is -2.38. The molecule has 4 rings (SSSR count). The molecule has 2 atom stereocenters. The van der Waals surface area contributed by atoms with E-state index in [1.54, 1.807) is 0 Å². The highest BCUT2D eigenvalue weighted by atomic mass is 16.1. The molecule has 0 amide bonds. The van der Waals surface area contributed by atoms with Gasteiger partial charge in [0, 0.05) is 31.9 Å². The summed E-state index contributed by atoms with van der Waals surface area (Å²) in [7, 11) is 4.03. The van der Waals surface area contributed by atoms with Gasteiger partial charge in [0.25, 0.3) is 0 Å². The zero-order valence-corrected chi connectivity index (χ0v) is 13.2. The Bertz CT molecular complexity index is 775. The fourth-order valence-electron chi connectivity index (χ4n) is 3.42. The van der Waals surface area contributed by atoms with Crippen molar-refractivity contribution in [3.05, 3.63) is 47.9 Å². The summed E-state index contributed by atoms with van der Waals surface area (Å²) in [6, 6.07) is 8.17. The van der Waals surface area contributed by atoms with Crippen molar-refractivity contribution >= 4 is 17.4 Å². The van der Waals surface area contributed by atoms with Crippen molar-refractivity contribution in [3.8, 4) is 0 Å². The van der Waals surface area contributed by atoms with Gasteiger partial charge in [-0.05, 0) is 24.1 Å². The van der Waals surface area contributed by atoms with Crippen molar-refractivity contribution in [2.24, 2.45) is 5.92 Å². The summed E-state index contributed by atoms with van der Waals surface area (Å²) >= 11 is 0. The van der Waals surface area contributed by atoms with Crippen LogP contribution in [0.5, 0.6) is 0 Å². The highest BCUT2D eigenvalue weighted by molar-refractivity contribution is 5.87. The molecule has 6 nitrogen and oxygen atoms in total. The highest BCUT2D eigenvalue weighted by Gasteiger charge is 2.40. The first-order valence-corrected chi connectivity index (χ1v) is 7.82. The van der Waals surface area contributed by atoms with Crippen LogP contribution in [0.15, 0.2) is 42.4 Å². The van der Waals surface area contributed by atoms with Crippen LogP contribution in [0.3, 0.4) is 0 Å². The molecule has 2 aliphatic rings. The first kappa shape index (κ1) is 14.0. The van der Waals surface area contributed by atoms with E-state index >= 15 is 0 Å². The molecule has 1 aliphatic heterocycles. The van der Waals surface area contributed by atoms with E-state index in [0.717, 1.165) is 23.4 Å². The number of anilines is 2. The molecule has 2 aromatic rings. The van der Waals surface area contributed by atoms with Crippen molar-refractivity contribution in [1.82, 2.24) is 14.8 Å². The Hall–Kier alpha value is -2.63. The van der Waals surface area contributed by atoms with Gasteiger partial charge in [-0.15, -0.1) is 0 Å². The average Bonchev–Trinajstić information content (AvgIpc) is 3.01. The number of ketones is 1. The number of aromatic nitrogens is 3. The number of nitrogens with one attached hydrogen (secondary N) is 1. The summed E-state index contributed by atoms with van der Waals surface area (Å²) < 4.78 is 1.83. The van der Waals surface area contributed by atoms with Crippen molar-refractivity contribution < 1.29 is 4.79 Å². The number of rotatable bonds is 2. The van der Waals surface area contributed by atoms with Crippen LogP contribution in [-0.2, 0) is 4.79 Å². The quantitative estimate of drug-likeness (QED) is 0.921. The van der Waals surface area contributed by atoms with Crippen molar-refractivity contribution in [2.45, 2.75) is 18.9 Å². The molecule has 0 unspecified atom stereocenters. The number of hydrogen-bond acceptors (Lipinski definition) is 5. The number of hydrogen-bond donors (Lipinski definition) is 1. The van der Waals surface area contributed by atoms with Crippen LogP contribution in [0, 0.1) is 5.92 Å². The maximum Gasteiger partial charge on any atom is 0.226 e. The molecule has 6 heteroatoms. The summed E-state index contributed by atoms with van der Waals surface area (Å²) in [6.45, 7) is 0. The van der Waals surface area contributed by atoms with Crippen LogP contribution < -0.4 is 10.2 Å². The van der Waals surface area contributed by atoms with Gasteiger partial charge in [-0.25, -0.2) is 4.68 Å². The summed E-state index contributed by atoms with van der Waals surface area (Å²) in [4.78, 5) is 18.9. The molecule has 2 heterocycles. The largest absolute Gasteiger partial charge is 0.378 e. The van der Waals surface area contributed by atoms with E-state index in [2.05, 4.69) is 50.6 Å². The van der Waals surface area contributed by atoms with Gasteiger partial charge in [-0.3, -0.25) is 4.79 Å². The van der Waals surface area contributed by atoms with Crippen LogP contribution in [0.25, 0.3) is 0 Å². The van der Waals surface area contributed by atoms with Crippen molar-refractivity contribution in [3.63, 3.8) is 0 Å². The topological polar surface area (TPSA) is 63.1 Å². The number of carbonyl (C=O) groups excluding carboxylic acids is 1. The fourth-order valence-corrected chi connectivity index (χ4v) is 3.42. The van der Waals surface area contributed by atoms with Gasteiger partial charge in [0.1, 0.15) is 12.1 Å². The summed E-state index contributed by atoms with van der Waals surface area (Å²) in [5, 5.41) is 7.61. The third-order valence-corrected chi connectivity index (χ3v) is 4.60. The molecule has 1 aromatic carbocycles. The maximum absolute atomic E-state index is 12.6. The van der Waals surface area contributed by atoms with Gasteiger partial charge in [0.2, 0.25) is 5.95 Å². The monoisotopic (exact) mass is 309 g/mol. The van der Waals surface area contributed by atoms with E-state index in [1.807, 2.05) is 18.8 Å².